The molecule has 1 aliphatic heterocycles. The normalized spacial score (nSPS) is 23.7. The fourth-order valence-corrected chi connectivity index (χ4v) is 3.26. The van der Waals surface area contributed by atoms with Crippen molar-refractivity contribution >= 4 is 27.2 Å². The zero-order valence-corrected chi connectivity index (χ0v) is 10.2. The van der Waals surface area contributed by atoms with Crippen molar-refractivity contribution in [3.05, 3.63) is 0 Å². The predicted octanol–water partition coefficient (Wildman–Crippen LogP) is -0.289. The summed E-state index contributed by atoms with van der Waals surface area (Å²) in [5.41, 5.74) is 0. The fourth-order valence-electron chi connectivity index (χ4n) is 1.33. The summed E-state index contributed by atoms with van der Waals surface area (Å²) < 4.78 is 32.2. The van der Waals surface area contributed by atoms with Crippen molar-refractivity contribution in [1.82, 2.24) is 5.32 Å². The number of hydrogen-bond donors (Lipinski definition) is 1. The Bertz CT molecular complexity index is 315. The highest BCUT2D eigenvalue weighted by Crippen LogP contribution is 2.11. The molecule has 1 unspecified atom stereocenters. The molecule has 0 aliphatic carbocycles. The molecule has 1 atom stereocenters. The molecular formula is C8H15NO4S2. The van der Waals surface area contributed by atoms with Gasteiger partial charge in [0, 0.05) is 13.2 Å². The Balaban J connectivity index is 2.22. The molecule has 1 rings (SSSR count). The molecule has 0 aromatic carbocycles. The number of rotatable bonds is 4. The van der Waals surface area contributed by atoms with Crippen molar-refractivity contribution in [1.29, 1.82) is 0 Å². The summed E-state index contributed by atoms with van der Waals surface area (Å²) in [5, 5.41) is 3.11. The van der Waals surface area contributed by atoms with Gasteiger partial charge in [0.1, 0.15) is 6.61 Å². The minimum Gasteiger partial charge on any atom is -0.469 e. The van der Waals surface area contributed by atoms with E-state index in [-0.39, 0.29) is 22.7 Å². The maximum atomic E-state index is 11.1. The SMILES string of the molecule is COCCOC(=S)NC1CCS(=O)(=O)C1. The lowest BCUT2D eigenvalue weighted by atomic mass is 10.3. The van der Waals surface area contributed by atoms with Gasteiger partial charge in [-0.05, 0) is 18.6 Å². The van der Waals surface area contributed by atoms with E-state index in [1.165, 1.54) is 0 Å². The molecule has 5 nitrogen and oxygen atoms in total. The summed E-state index contributed by atoms with van der Waals surface area (Å²) in [4.78, 5) is 0. The number of sulfone groups is 1. The molecule has 0 aromatic rings. The summed E-state index contributed by atoms with van der Waals surface area (Å²) in [6, 6.07) is -0.106. The van der Waals surface area contributed by atoms with Crippen LogP contribution in [0.2, 0.25) is 0 Å². The third kappa shape index (κ3) is 4.76. The fraction of sp³-hybridized carbons (Fsp3) is 0.875. The second-order valence-electron chi connectivity index (χ2n) is 3.37. The Hall–Kier alpha value is -0.400. The minimum absolute atomic E-state index is 0.106. The highest BCUT2D eigenvalue weighted by atomic mass is 32.2. The van der Waals surface area contributed by atoms with Crippen LogP contribution in [0.25, 0.3) is 0 Å². The quantitative estimate of drug-likeness (QED) is 0.549. The van der Waals surface area contributed by atoms with E-state index in [0.717, 1.165) is 0 Å². The van der Waals surface area contributed by atoms with Crippen LogP contribution in [0.15, 0.2) is 0 Å². The molecule has 1 fully saturated rings. The van der Waals surface area contributed by atoms with Gasteiger partial charge < -0.3 is 14.8 Å². The first-order valence-electron chi connectivity index (χ1n) is 4.66. The van der Waals surface area contributed by atoms with E-state index in [4.69, 9.17) is 21.7 Å². The van der Waals surface area contributed by atoms with E-state index in [9.17, 15) is 8.42 Å². The Kier molecular flexibility index (Phi) is 4.75. The van der Waals surface area contributed by atoms with Crippen molar-refractivity contribution in [3.63, 3.8) is 0 Å². The van der Waals surface area contributed by atoms with Crippen molar-refractivity contribution in [2.45, 2.75) is 12.5 Å². The van der Waals surface area contributed by atoms with E-state index < -0.39 is 9.84 Å². The summed E-state index contributed by atoms with van der Waals surface area (Å²) >= 11 is 4.90. The molecule has 0 spiro atoms. The third-order valence-electron chi connectivity index (χ3n) is 2.08. The first-order valence-corrected chi connectivity index (χ1v) is 6.89. The molecule has 0 aromatic heterocycles. The highest BCUT2D eigenvalue weighted by molar-refractivity contribution is 7.91. The van der Waals surface area contributed by atoms with E-state index in [2.05, 4.69) is 5.32 Å². The van der Waals surface area contributed by atoms with Crippen LogP contribution >= 0.6 is 12.2 Å². The van der Waals surface area contributed by atoms with Crippen LogP contribution in [0, 0.1) is 0 Å². The lowest BCUT2D eigenvalue weighted by molar-refractivity contribution is 0.139. The molecule has 1 saturated heterocycles. The Morgan fingerprint density at radius 1 is 1.53 bits per heavy atom. The second-order valence-corrected chi connectivity index (χ2v) is 5.97. The van der Waals surface area contributed by atoms with Crippen LogP contribution in [0.5, 0.6) is 0 Å². The molecule has 0 saturated carbocycles. The van der Waals surface area contributed by atoms with Crippen molar-refractivity contribution in [2.75, 3.05) is 31.8 Å². The van der Waals surface area contributed by atoms with Crippen LogP contribution in [0.1, 0.15) is 6.42 Å². The van der Waals surface area contributed by atoms with E-state index in [1.54, 1.807) is 7.11 Å². The molecule has 7 heteroatoms. The van der Waals surface area contributed by atoms with Crippen molar-refractivity contribution in [3.8, 4) is 0 Å². The standard InChI is InChI=1S/C8H15NO4S2/c1-12-3-4-13-8(14)9-7-2-5-15(10,11)6-7/h7H,2-6H2,1H3,(H,9,14). The lowest BCUT2D eigenvalue weighted by Crippen LogP contribution is -2.36. The summed E-state index contributed by atoms with van der Waals surface area (Å²) in [5.74, 6) is 0.367. The van der Waals surface area contributed by atoms with E-state index >= 15 is 0 Å². The number of thiocarbonyl (C=S) groups is 1. The molecule has 15 heavy (non-hydrogen) atoms. The van der Waals surface area contributed by atoms with Gasteiger partial charge in [0.25, 0.3) is 5.17 Å². The zero-order chi connectivity index (χ0) is 11.3. The number of nitrogens with one attached hydrogen (secondary N) is 1. The van der Waals surface area contributed by atoms with Crippen LogP contribution < -0.4 is 5.32 Å². The summed E-state index contributed by atoms with van der Waals surface area (Å²) in [7, 11) is -1.30. The molecular weight excluding hydrogens is 238 g/mol. The molecule has 0 radical (unpaired) electrons. The largest absolute Gasteiger partial charge is 0.469 e. The van der Waals surface area contributed by atoms with Gasteiger partial charge in [-0.15, -0.1) is 0 Å². The van der Waals surface area contributed by atoms with Gasteiger partial charge in [0.15, 0.2) is 9.84 Å². The van der Waals surface area contributed by atoms with Crippen LogP contribution in [-0.2, 0) is 19.3 Å². The van der Waals surface area contributed by atoms with Gasteiger partial charge in [-0.2, -0.15) is 0 Å². The van der Waals surface area contributed by atoms with Crippen molar-refractivity contribution < 1.29 is 17.9 Å². The smallest absolute Gasteiger partial charge is 0.256 e. The lowest BCUT2D eigenvalue weighted by Gasteiger charge is -2.13. The summed E-state index contributed by atoms with van der Waals surface area (Å²) in [6.07, 6.45) is 0.593. The van der Waals surface area contributed by atoms with E-state index in [1.807, 2.05) is 0 Å². The average Bonchev–Trinajstić information content (AvgIpc) is 2.46. The van der Waals surface area contributed by atoms with E-state index in [0.29, 0.717) is 19.6 Å². The molecule has 88 valence electrons. The minimum atomic E-state index is -2.87. The van der Waals surface area contributed by atoms with Gasteiger partial charge in [0.2, 0.25) is 0 Å². The van der Waals surface area contributed by atoms with Crippen LogP contribution in [0.3, 0.4) is 0 Å². The van der Waals surface area contributed by atoms with Crippen molar-refractivity contribution in [2.24, 2.45) is 0 Å². The van der Waals surface area contributed by atoms with Crippen LogP contribution in [0.4, 0.5) is 0 Å². The maximum Gasteiger partial charge on any atom is 0.256 e. The second kappa shape index (κ2) is 5.62. The van der Waals surface area contributed by atoms with Gasteiger partial charge in [0.05, 0.1) is 18.1 Å². The topological polar surface area (TPSA) is 64.6 Å². The zero-order valence-electron chi connectivity index (χ0n) is 8.56. The third-order valence-corrected chi connectivity index (χ3v) is 4.08. The molecule has 0 amide bonds. The number of ether oxygens (including phenoxy) is 2. The first kappa shape index (κ1) is 12.7. The van der Waals surface area contributed by atoms with Gasteiger partial charge >= 0.3 is 0 Å². The molecule has 0 bridgehead atoms. The Labute approximate surface area is 95.0 Å². The van der Waals surface area contributed by atoms with Gasteiger partial charge in [-0.1, -0.05) is 0 Å². The van der Waals surface area contributed by atoms with Gasteiger partial charge in [-0.25, -0.2) is 8.42 Å². The predicted molar refractivity (Wildman–Crippen MR) is 60.6 cm³/mol. The molecule has 1 heterocycles. The molecule has 1 aliphatic rings. The first-order chi connectivity index (χ1) is 7.03. The maximum absolute atomic E-state index is 11.1. The van der Waals surface area contributed by atoms with Crippen LogP contribution in [-0.4, -0.2) is 51.5 Å². The molecule has 1 N–H and O–H groups in total. The highest BCUT2D eigenvalue weighted by Gasteiger charge is 2.28. The Morgan fingerprint density at radius 2 is 2.27 bits per heavy atom. The number of methoxy groups -OCH3 is 1. The average molecular weight is 253 g/mol. The number of hydrogen-bond acceptors (Lipinski definition) is 5. The Morgan fingerprint density at radius 3 is 2.80 bits per heavy atom. The monoisotopic (exact) mass is 253 g/mol. The van der Waals surface area contributed by atoms with Gasteiger partial charge in [-0.3, -0.25) is 0 Å². The summed E-state index contributed by atoms with van der Waals surface area (Å²) in [6.45, 7) is 0.840.